The molecule has 4 rings (SSSR count). The first-order valence-electron chi connectivity index (χ1n) is 9.79. The Morgan fingerprint density at radius 1 is 1.35 bits per heavy atom. The Morgan fingerprint density at radius 3 is 2.81 bits per heavy atom. The SMILES string of the molecule is CC(=O)O[C@H]1CC[C@H]2[C@@H]3CC(C(C)I)C4=CC(=O)CCC4=C3C=C[C@]12C. The van der Waals surface area contributed by atoms with Gasteiger partial charge in [0.15, 0.2) is 5.78 Å². The van der Waals surface area contributed by atoms with Crippen molar-refractivity contribution in [1.29, 1.82) is 0 Å². The maximum Gasteiger partial charge on any atom is 0.302 e. The van der Waals surface area contributed by atoms with Crippen molar-refractivity contribution in [3.63, 3.8) is 0 Å². The van der Waals surface area contributed by atoms with Crippen molar-refractivity contribution >= 4 is 34.3 Å². The zero-order chi connectivity index (χ0) is 18.6. The van der Waals surface area contributed by atoms with Crippen LogP contribution < -0.4 is 0 Å². The highest BCUT2D eigenvalue weighted by Gasteiger charge is 2.54. The second kappa shape index (κ2) is 6.61. The predicted octanol–water partition coefficient (Wildman–Crippen LogP) is 4.95. The van der Waals surface area contributed by atoms with Crippen molar-refractivity contribution in [1.82, 2.24) is 0 Å². The molecule has 0 aromatic carbocycles. The van der Waals surface area contributed by atoms with Crippen LogP contribution in [0.2, 0.25) is 0 Å². The van der Waals surface area contributed by atoms with Crippen molar-refractivity contribution < 1.29 is 14.3 Å². The van der Waals surface area contributed by atoms with Gasteiger partial charge in [0.1, 0.15) is 6.10 Å². The smallest absolute Gasteiger partial charge is 0.302 e. The molecule has 4 aliphatic carbocycles. The van der Waals surface area contributed by atoms with Crippen LogP contribution >= 0.6 is 22.6 Å². The number of carbonyl (C=O) groups is 2. The van der Waals surface area contributed by atoms with Crippen molar-refractivity contribution in [2.24, 2.45) is 23.2 Å². The molecule has 1 saturated carbocycles. The van der Waals surface area contributed by atoms with Gasteiger partial charge in [-0.25, -0.2) is 0 Å². The lowest BCUT2D eigenvalue weighted by Crippen LogP contribution is -2.42. The van der Waals surface area contributed by atoms with E-state index in [1.807, 2.05) is 6.08 Å². The van der Waals surface area contributed by atoms with Crippen LogP contribution in [0.5, 0.6) is 0 Å². The third-order valence-corrected chi connectivity index (χ3v) is 8.01. The summed E-state index contributed by atoms with van der Waals surface area (Å²) in [6.45, 7) is 6.05. The van der Waals surface area contributed by atoms with Gasteiger partial charge in [-0.15, -0.1) is 0 Å². The molecule has 0 aromatic rings. The first-order chi connectivity index (χ1) is 12.3. The fraction of sp³-hybridized carbons (Fsp3) is 0.636. The van der Waals surface area contributed by atoms with E-state index < -0.39 is 0 Å². The van der Waals surface area contributed by atoms with Crippen LogP contribution in [0.1, 0.15) is 52.9 Å². The molecule has 26 heavy (non-hydrogen) atoms. The standard InChI is InChI=1S/C22H27IO3/c1-12(23)17-11-19-16(15-5-4-14(25)10-18(15)17)8-9-22(3)20(19)6-7-21(22)26-13(2)24/h8-10,12,17,19-21H,4-7,11H2,1-3H3/t12?,17?,19-,20+,21+,22+/m1/s1. The second-order valence-electron chi connectivity index (χ2n) is 8.61. The average molecular weight is 466 g/mol. The summed E-state index contributed by atoms with van der Waals surface area (Å²) >= 11 is 2.52. The van der Waals surface area contributed by atoms with Gasteiger partial charge in [-0.1, -0.05) is 48.6 Å². The lowest BCUT2D eigenvalue weighted by molar-refractivity contribution is -0.150. The number of ether oxygens (including phenoxy) is 1. The average Bonchev–Trinajstić information content (AvgIpc) is 2.89. The van der Waals surface area contributed by atoms with E-state index in [-0.39, 0.29) is 23.3 Å². The summed E-state index contributed by atoms with van der Waals surface area (Å²) in [6, 6.07) is 0. The molecular formula is C22H27IO3. The van der Waals surface area contributed by atoms with Crippen LogP contribution in [0, 0.1) is 23.2 Å². The molecule has 140 valence electrons. The van der Waals surface area contributed by atoms with E-state index in [0.29, 0.717) is 28.1 Å². The monoisotopic (exact) mass is 466 g/mol. The zero-order valence-corrected chi connectivity index (χ0v) is 17.9. The number of esters is 1. The Morgan fingerprint density at radius 2 is 2.12 bits per heavy atom. The minimum atomic E-state index is -0.173. The Labute approximate surface area is 169 Å². The predicted molar refractivity (Wildman–Crippen MR) is 110 cm³/mol. The molecule has 0 amide bonds. The number of allylic oxidation sites excluding steroid dienone is 5. The molecule has 0 saturated heterocycles. The van der Waals surface area contributed by atoms with Crippen molar-refractivity contribution in [2.45, 2.75) is 62.9 Å². The molecule has 4 aliphatic rings. The molecule has 0 N–H and O–H groups in total. The molecule has 0 aliphatic heterocycles. The second-order valence-corrected chi connectivity index (χ2v) is 10.6. The lowest BCUT2D eigenvalue weighted by Gasteiger charge is -2.47. The molecule has 2 unspecified atom stereocenters. The van der Waals surface area contributed by atoms with Crippen molar-refractivity contribution in [2.75, 3.05) is 0 Å². The van der Waals surface area contributed by atoms with Crippen molar-refractivity contribution in [3.8, 4) is 0 Å². The highest BCUT2D eigenvalue weighted by Crippen LogP contribution is 2.59. The fourth-order valence-electron chi connectivity index (χ4n) is 5.87. The van der Waals surface area contributed by atoms with Gasteiger partial charge < -0.3 is 4.74 Å². The number of halogens is 1. The Bertz CT molecular complexity index is 744. The summed E-state index contributed by atoms with van der Waals surface area (Å²) in [5.74, 6) is 1.61. The normalized spacial score (nSPS) is 39.7. The summed E-state index contributed by atoms with van der Waals surface area (Å²) in [6.07, 6.45) is 11.2. The maximum atomic E-state index is 12.1. The van der Waals surface area contributed by atoms with Gasteiger partial charge in [0.05, 0.1) is 0 Å². The first kappa shape index (κ1) is 18.5. The van der Waals surface area contributed by atoms with E-state index in [1.165, 1.54) is 23.6 Å². The van der Waals surface area contributed by atoms with E-state index >= 15 is 0 Å². The summed E-state index contributed by atoms with van der Waals surface area (Å²) in [4.78, 5) is 23.6. The van der Waals surface area contributed by atoms with Gasteiger partial charge in [0.25, 0.3) is 0 Å². The van der Waals surface area contributed by atoms with Crippen LogP contribution in [0.25, 0.3) is 0 Å². The minimum Gasteiger partial charge on any atom is -0.462 e. The molecule has 6 atom stereocenters. The Kier molecular flexibility index (Phi) is 4.69. The number of hydrogen-bond acceptors (Lipinski definition) is 3. The molecule has 0 bridgehead atoms. The Hall–Kier alpha value is -0.910. The first-order valence-corrected chi connectivity index (χ1v) is 11.0. The van der Waals surface area contributed by atoms with E-state index in [4.69, 9.17) is 4.74 Å². The molecule has 0 heterocycles. The number of ketones is 1. The van der Waals surface area contributed by atoms with Gasteiger partial charge in [0, 0.05) is 22.7 Å². The van der Waals surface area contributed by atoms with Gasteiger partial charge >= 0.3 is 5.97 Å². The Balaban J connectivity index is 1.78. The molecular weight excluding hydrogens is 439 g/mol. The minimum absolute atomic E-state index is 0.00634. The highest BCUT2D eigenvalue weighted by atomic mass is 127. The molecule has 0 aromatic heterocycles. The topological polar surface area (TPSA) is 43.4 Å². The van der Waals surface area contributed by atoms with Crippen LogP contribution in [-0.4, -0.2) is 21.8 Å². The summed E-state index contributed by atoms with van der Waals surface area (Å²) < 4.78 is 6.20. The lowest BCUT2D eigenvalue weighted by atomic mass is 9.58. The summed E-state index contributed by atoms with van der Waals surface area (Å²) in [7, 11) is 0. The third kappa shape index (κ3) is 2.83. The van der Waals surface area contributed by atoms with Gasteiger partial charge in [0.2, 0.25) is 0 Å². The molecule has 3 nitrogen and oxygen atoms in total. The third-order valence-electron chi connectivity index (χ3n) is 7.14. The van der Waals surface area contributed by atoms with E-state index in [9.17, 15) is 9.59 Å². The van der Waals surface area contributed by atoms with Crippen LogP contribution in [0.4, 0.5) is 0 Å². The number of alkyl halides is 1. The number of fused-ring (bicyclic) bond motifs is 4. The van der Waals surface area contributed by atoms with Crippen LogP contribution in [-0.2, 0) is 14.3 Å². The van der Waals surface area contributed by atoms with Gasteiger partial charge in [-0.3, -0.25) is 9.59 Å². The quantitative estimate of drug-likeness (QED) is 0.329. The number of rotatable bonds is 2. The molecule has 1 fully saturated rings. The number of carbonyl (C=O) groups excluding carboxylic acids is 2. The fourth-order valence-corrected chi connectivity index (χ4v) is 6.55. The van der Waals surface area contributed by atoms with Crippen molar-refractivity contribution in [3.05, 3.63) is 34.9 Å². The largest absolute Gasteiger partial charge is 0.462 e. The molecule has 0 radical (unpaired) electrons. The summed E-state index contributed by atoms with van der Waals surface area (Å²) in [5, 5.41) is 0. The summed E-state index contributed by atoms with van der Waals surface area (Å²) in [5.41, 5.74) is 4.13. The maximum absolute atomic E-state index is 12.1. The number of hydrogen-bond donors (Lipinski definition) is 0. The van der Waals surface area contributed by atoms with E-state index in [2.05, 4.69) is 48.6 Å². The highest BCUT2D eigenvalue weighted by molar-refractivity contribution is 14.1. The molecule has 4 heteroatoms. The van der Waals surface area contributed by atoms with E-state index in [0.717, 1.165) is 25.7 Å². The van der Waals surface area contributed by atoms with Crippen LogP contribution in [0.15, 0.2) is 34.9 Å². The molecule has 0 spiro atoms. The van der Waals surface area contributed by atoms with E-state index in [1.54, 1.807) is 0 Å². The zero-order valence-electron chi connectivity index (χ0n) is 15.8. The van der Waals surface area contributed by atoms with Crippen LogP contribution in [0.3, 0.4) is 0 Å². The van der Waals surface area contributed by atoms with Gasteiger partial charge in [-0.05, 0) is 66.2 Å². The van der Waals surface area contributed by atoms with Gasteiger partial charge in [-0.2, -0.15) is 0 Å².